The highest BCUT2D eigenvalue weighted by molar-refractivity contribution is 5.78. The van der Waals surface area contributed by atoms with Crippen LogP contribution in [0.1, 0.15) is 18.1 Å². The Morgan fingerprint density at radius 1 is 0.900 bits per heavy atom. The number of ether oxygens (including phenoxy) is 1. The Balaban J connectivity index is 1.92. The van der Waals surface area contributed by atoms with Gasteiger partial charge >= 0.3 is 0 Å². The van der Waals surface area contributed by atoms with E-state index in [0.717, 1.165) is 11.1 Å². The van der Waals surface area contributed by atoms with E-state index in [1.807, 2.05) is 67.6 Å². The average Bonchev–Trinajstić information content (AvgIpc) is 2.49. The predicted octanol–water partition coefficient (Wildman–Crippen LogP) is 3.80. The van der Waals surface area contributed by atoms with Gasteiger partial charge in [0.25, 0.3) is 0 Å². The van der Waals surface area contributed by atoms with Gasteiger partial charge in [0.15, 0.2) is 0 Å². The third-order valence-electron chi connectivity index (χ3n) is 2.75. The van der Waals surface area contributed by atoms with Gasteiger partial charge in [-0.25, -0.2) is 0 Å². The molecule has 0 spiro atoms. The van der Waals surface area contributed by atoms with Crippen LogP contribution < -0.4 is 0 Å². The van der Waals surface area contributed by atoms with Gasteiger partial charge in [0.05, 0.1) is 13.0 Å². The van der Waals surface area contributed by atoms with Crippen LogP contribution in [0.3, 0.4) is 0 Å². The summed E-state index contributed by atoms with van der Waals surface area (Å²) < 4.78 is 5.51. The molecule has 0 aromatic heterocycles. The molecule has 0 fully saturated rings. The van der Waals surface area contributed by atoms with E-state index in [-0.39, 0.29) is 0 Å². The van der Waals surface area contributed by atoms with Gasteiger partial charge in [-0.3, -0.25) is 0 Å². The average molecular weight is 269 g/mol. The lowest BCUT2D eigenvalue weighted by Crippen LogP contribution is -2.09. The minimum Gasteiger partial charge on any atom is -0.479 e. The van der Waals surface area contributed by atoms with Crippen molar-refractivity contribution in [3.8, 4) is 0 Å². The number of hydrogen-bond donors (Lipinski definition) is 0. The van der Waals surface area contributed by atoms with E-state index in [2.05, 4.69) is 5.16 Å². The van der Waals surface area contributed by atoms with E-state index >= 15 is 0 Å². The molecule has 0 aliphatic carbocycles. The van der Waals surface area contributed by atoms with Gasteiger partial charge in [-0.15, -0.1) is 0 Å². The normalized spacial score (nSPS) is 11.2. The van der Waals surface area contributed by atoms with Crippen LogP contribution in [0.4, 0.5) is 0 Å². The van der Waals surface area contributed by atoms with Crippen molar-refractivity contribution in [1.29, 1.82) is 0 Å². The quantitative estimate of drug-likeness (QED) is 0.454. The lowest BCUT2D eigenvalue weighted by Gasteiger charge is -2.07. The van der Waals surface area contributed by atoms with Crippen LogP contribution in [-0.4, -0.2) is 12.5 Å². The van der Waals surface area contributed by atoms with Crippen molar-refractivity contribution in [2.24, 2.45) is 5.16 Å². The maximum atomic E-state index is 5.51. The lowest BCUT2D eigenvalue weighted by atomic mass is 10.1. The monoisotopic (exact) mass is 269 g/mol. The molecule has 0 amide bonds. The Morgan fingerprint density at radius 2 is 1.50 bits per heavy atom. The molecule has 0 bridgehead atoms. The molecule has 0 saturated heterocycles. The second-order valence-electron chi connectivity index (χ2n) is 4.34. The zero-order valence-electron chi connectivity index (χ0n) is 11.7. The largest absolute Gasteiger partial charge is 0.479 e. The molecule has 104 valence electrons. The summed E-state index contributed by atoms with van der Waals surface area (Å²) in [6.45, 7) is 2.98. The molecule has 3 nitrogen and oxygen atoms in total. The summed E-state index contributed by atoms with van der Waals surface area (Å²) >= 11 is 0. The summed E-state index contributed by atoms with van der Waals surface area (Å²) in [4.78, 5) is 5.37. The molecule has 20 heavy (non-hydrogen) atoms. The van der Waals surface area contributed by atoms with Gasteiger partial charge in [-0.2, -0.15) is 0 Å². The van der Waals surface area contributed by atoms with Crippen molar-refractivity contribution < 1.29 is 9.57 Å². The lowest BCUT2D eigenvalue weighted by molar-refractivity contribution is 0.118. The molecule has 0 unspecified atom stereocenters. The van der Waals surface area contributed by atoms with Crippen molar-refractivity contribution >= 4 is 5.90 Å². The summed E-state index contributed by atoms with van der Waals surface area (Å²) in [6, 6.07) is 20.1. The summed E-state index contributed by atoms with van der Waals surface area (Å²) in [7, 11) is 0. The Labute approximate surface area is 119 Å². The minimum atomic E-state index is 0.451. The van der Waals surface area contributed by atoms with Crippen LogP contribution in [0.2, 0.25) is 0 Å². The van der Waals surface area contributed by atoms with Crippen molar-refractivity contribution in [1.82, 2.24) is 0 Å². The van der Waals surface area contributed by atoms with Crippen molar-refractivity contribution in [3.63, 3.8) is 0 Å². The number of rotatable bonds is 6. The first-order chi connectivity index (χ1) is 9.88. The molecule has 0 saturated carbocycles. The Kier molecular flexibility index (Phi) is 5.65. The molecule has 2 aromatic carbocycles. The van der Waals surface area contributed by atoms with E-state index in [1.165, 1.54) is 0 Å². The van der Waals surface area contributed by atoms with Crippen LogP contribution in [-0.2, 0) is 22.6 Å². The van der Waals surface area contributed by atoms with Crippen LogP contribution in [0.25, 0.3) is 0 Å². The fourth-order valence-electron chi connectivity index (χ4n) is 1.80. The molecular formula is C17H19NO2. The zero-order valence-corrected chi connectivity index (χ0v) is 11.7. The van der Waals surface area contributed by atoms with E-state index in [4.69, 9.17) is 9.57 Å². The third-order valence-corrected chi connectivity index (χ3v) is 2.75. The van der Waals surface area contributed by atoms with Gasteiger partial charge in [-0.05, 0) is 18.1 Å². The maximum Gasteiger partial charge on any atom is 0.230 e. The number of nitrogens with zero attached hydrogens (tertiary/aromatic N) is 1. The number of hydrogen-bond acceptors (Lipinski definition) is 3. The molecule has 0 N–H and O–H groups in total. The highest BCUT2D eigenvalue weighted by Gasteiger charge is 2.03. The molecular weight excluding hydrogens is 250 g/mol. The van der Waals surface area contributed by atoms with Crippen LogP contribution in [0, 0.1) is 0 Å². The van der Waals surface area contributed by atoms with Crippen molar-refractivity contribution in [3.05, 3.63) is 71.8 Å². The molecule has 0 aliphatic rings. The molecule has 0 radical (unpaired) electrons. The summed E-state index contributed by atoms with van der Waals surface area (Å²) in [5.41, 5.74) is 2.25. The Hall–Kier alpha value is -2.29. The predicted molar refractivity (Wildman–Crippen MR) is 80.4 cm³/mol. The van der Waals surface area contributed by atoms with Crippen LogP contribution in [0.5, 0.6) is 0 Å². The fourth-order valence-corrected chi connectivity index (χ4v) is 1.80. The summed E-state index contributed by atoms with van der Waals surface area (Å²) in [5, 5.41) is 4.10. The topological polar surface area (TPSA) is 30.8 Å². The van der Waals surface area contributed by atoms with Gasteiger partial charge in [0.2, 0.25) is 5.90 Å². The first-order valence-electron chi connectivity index (χ1n) is 6.78. The van der Waals surface area contributed by atoms with Crippen LogP contribution >= 0.6 is 0 Å². The second kappa shape index (κ2) is 8.00. The van der Waals surface area contributed by atoms with Gasteiger partial charge in [0.1, 0.15) is 6.61 Å². The van der Waals surface area contributed by atoms with Crippen molar-refractivity contribution in [2.75, 3.05) is 6.61 Å². The zero-order chi connectivity index (χ0) is 14.0. The smallest absolute Gasteiger partial charge is 0.230 e. The van der Waals surface area contributed by atoms with Gasteiger partial charge in [0, 0.05) is 0 Å². The van der Waals surface area contributed by atoms with Crippen LogP contribution in [0.15, 0.2) is 65.8 Å². The Morgan fingerprint density at radius 3 is 2.10 bits per heavy atom. The molecule has 0 heterocycles. The number of benzene rings is 2. The summed E-state index contributed by atoms with van der Waals surface area (Å²) in [6.07, 6.45) is 0.642. The third kappa shape index (κ3) is 4.76. The second-order valence-corrected chi connectivity index (χ2v) is 4.34. The highest BCUT2D eigenvalue weighted by atomic mass is 16.6. The first-order valence-corrected chi connectivity index (χ1v) is 6.78. The van der Waals surface area contributed by atoms with E-state index < -0.39 is 0 Å². The minimum absolute atomic E-state index is 0.451. The summed E-state index contributed by atoms with van der Waals surface area (Å²) in [5.74, 6) is 0.606. The molecule has 3 heteroatoms. The molecule has 0 aliphatic heterocycles. The van der Waals surface area contributed by atoms with E-state index in [1.54, 1.807) is 0 Å². The maximum absolute atomic E-state index is 5.51. The Bertz CT molecular complexity index is 523. The van der Waals surface area contributed by atoms with Crippen molar-refractivity contribution in [2.45, 2.75) is 20.0 Å². The number of oxime groups is 1. The first kappa shape index (κ1) is 14.1. The SMILES string of the molecule is CCO/C(Cc1ccccc1)=N/OCc1ccccc1. The van der Waals surface area contributed by atoms with Gasteiger partial charge < -0.3 is 9.57 Å². The molecule has 2 aromatic rings. The standard InChI is InChI=1S/C17H19NO2/c1-2-19-17(13-15-9-5-3-6-10-15)18-20-14-16-11-7-4-8-12-16/h3-12H,2,13-14H2,1H3/b18-17+. The molecule has 2 rings (SSSR count). The fraction of sp³-hybridized carbons (Fsp3) is 0.235. The van der Waals surface area contributed by atoms with E-state index in [9.17, 15) is 0 Å². The molecule has 0 atom stereocenters. The highest BCUT2D eigenvalue weighted by Crippen LogP contribution is 2.05. The van der Waals surface area contributed by atoms with E-state index in [0.29, 0.717) is 25.5 Å². The van der Waals surface area contributed by atoms with Gasteiger partial charge in [-0.1, -0.05) is 65.8 Å².